The van der Waals surface area contributed by atoms with Gasteiger partial charge in [0.25, 0.3) is 0 Å². The minimum atomic E-state index is 0. The normalized spacial score (nSPS) is 16.0. The molecule has 0 bridgehead atoms. The minimum Gasteiger partial charge on any atom is -0.508 e. The van der Waals surface area contributed by atoms with Crippen molar-refractivity contribution < 1.29 is 14.6 Å². The summed E-state index contributed by atoms with van der Waals surface area (Å²) >= 11 is 0. The second-order valence-electron chi connectivity index (χ2n) is 4.60. The Hall–Kier alpha value is -1.36. The number of halogens is 1. The van der Waals surface area contributed by atoms with E-state index in [1.54, 1.807) is 36.4 Å². The van der Waals surface area contributed by atoms with Crippen molar-refractivity contribution in [1.82, 2.24) is 4.90 Å². The lowest BCUT2D eigenvalue weighted by atomic mass is 10.1. The zero-order valence-corrected chi connectivity index (χ0v) is 12.1. The van der Waals surface area contributed by atoms with Crippen molar-refractivity contribution in [2.75, 3.05) is 32.8 Å². The van der Waals surface area contributed by atoms with Gasteiger partial charge in [0, 0.05) is 26.1 Å². The van der Waals surface area contributed by atoms with E-state index >= 15 is 0 Å². The van der Waals surface area contributed by atoms with Gasteiger partial charge in [0.1, 0.15) is 5.75 Å². The molecule has 1 saturated heterocycles. The van der Waals surface area contributed by atoms with Crippen LogP contribution < -0.4 is 0 Å². The van der Waals surface area contributed by atoms with E-state index in [2.05, 4.69) is 4.90 Å². The molecule has 1 aliphatic rings. The van der Waals surface area contributed by atoms with Crippen molar-refractivity contribution in [2.45, 2.75) is 6.42 Å². The van der Waals surface area contributed by atoms with Crippen molar-refractivity contribution in [3.05, 3.63) is 35.9 Å². The molecule has 20 heavy (non-hydrogen) atoms. The summed E-state index contributed by atoms with van der Waals surface area (Å²) in [5.41, 5.74) is 0.914. The van der Waals surface area contributed by atoms with Gasteiger partial charge >= 0.3 is 0 Å². The van der Waals surface area contributed by atoms with Crippen LogP contribution in [0.25, 0.3) is 6.08 Å². The van der Waals surface area contributed by atoms with Crippen molar-refractivity contribution in [3.8, 4) is 5.75 Å². The van der Waals surface area contributed by atoms with Gasteiger partial charge < -0.3 is 9.84 Å². The molecule has 0 amide bonds. The molecule has 0 aliphatic carbocycles. The summed E-state index contributed by atoms with van der Waals surface area (Å²) in [5, 5.41) is 9.16. The fourth-order valence-corrected chi connectivity index (χ4v) is 1.95. The fourth-order valence-electron chi connectivity index (χ4n) is 1.95. The number of phenolic OH excluding ortho intramolecular Hbond substituents is 1. The number of morpholine rings is 1. The number of rotatable bonds is 5. The average Bonchev–Trinajstić information content (AvgIpc) is 2.45. The van der Waals surface area contributed by atoms with Gasteiger partial charge in [0.2, 0.25) is 0 Å². The predicted octanol–water partition coefficient (Wildman–Crippen LogP) is 2.12. The molecule has 0 radical (unpaired) electrons. The molecule has 1 aliphatic heterocycles. The van der Waals surface area contributed by atoms with Crippen LogP contribution in [0.5, 0.6) is 5.75 Å². The van der Waals surface area contributed by atoms with Crippen LogP contribution in [-0.2, 0) is 9.53 Å². The monoisotopic (exact) mass is 297 g/mol. The van der Waals surface area contributed by atoms with E-state index in [1.807, 2.05) is 0 Å². The van der Waals surface area contributed by atoms with Crippen LogP contribution in [0.15, 0.2) is 30.3 Å². The highest BCUT2D eigenvalue weighted by Crippen LogP contribution is 2.11. The van der Waals surface area contributed by atoms with Crippen LogP contribution in [0.4, 0.5) is 0 Å². The number of aromatic hydroxyl groups is 1. The molecule has 1 fully saturated rings. The topological polar surface area (TPSA) is 49.8 Å². The van der Waals surface area contributed by atoms with Gasteiger partial charge in [0.05, 0.1) is 13.2 Å². The van der Waals surface area contributed by atoms with E-state index in [9.17, 15) is 4.79 Å². The maximum Gasteiger partial charge on any atom is 0.156 e. The number of carbonyl (C=O) groups is 1. The third kappa shape index (κ3) is 5.74. The first-order valence-corrected chi connectivity index (χ1v) is 6.54. The van der Waals surface area contributed by atoms with E-state index in [0.717, 1.165) is 38.4 Å². The lowest BCUT2D eigenvalue weighted by molar-refractivity contribution is -0.115. The van der Waals surface area contributed by atoms with Gasteiger partial charge in [-0.1, -0.05) is 18.2 Å². The molecule has 5 heteroatoms. The molecule has 0 saturated carbocycles. The van der Waals surface area contributed by atoms with Crippen LogP contribution in [0.2, 0.25) is 0 Å². The lowest BCUT2D eigenvalue weighted by Crippen LogP contribution is -2.37. The first kappa shape index (κ1) is 16.7. The zero-order valence-electron chi connectivity index (χ0n) is 11.3. The quantitative estimate of drug-likeness (QED) is 0.846. The lowest BCUT2D eigenvalue weighted by Gasteiger charge is -2.25. The number of hydrogen-bond acceptors (Lipinski definition) is 4. The van der Waals surface area contributed by atoms with Crippen molar-refractivity contribution >= 4 is 24.3 Å². The van der Waals surface area contributed by atoms with E-state index in [0.29, 0.717) is 6.42 Å². The first-order chi connectivity index (χ1) is 9.24. The summed E-state index contributed by atoms with van der Waals surface area (Å²) in [6.45, 7) is 4.14. The highest BCUT2D eigenvalue weighted by Gasteiger charge is 2.10. The molecule has 1 heterocycles. The molecule has 0 atom stereocenters. The van der Waals surface area contributed by atoms with Crippen LogP contribution in [-0.4, -0.2) is 48.6 Å². The number of ether oxygens (including phenoxy) is 1. The molecular formula is C15H20ClNO3. The minimum absolute atomic E-state index is 0. The highest BCUT2D eigenvalue weighted by molar-refractivity contribution is 5.93. The second-order valence-corrected chi connectivity index (χ2v) is 4.60. The third-order valence-corrected chi connectivity index (χ3v) is 3.13. The van der Waals surface area contributed by atoms with Crippen molar-refractivity contribution in [2.24, 2.45) is 0 Å². The number of carbonyl (C=O) groups excluding carboxylic acids is 1. The number of allylic oxidation sites excluding steroid dienone is 1. The van der Waals surface area contributed by atoms with Gasteiger partial charge in [0.15, 0.2) is 5.78 Å². The summed E-state index contributed by atoms with van der Waals surface area (Å²) in [4.78, 5) is 14.0. The SMILES string of the molecule is Cl.O=C(C=Cc1ccc(O)cc1)CCN1CCOCC1. The Morgan fingerprint density at radius 3 is 2.55 bits per heavy atom. The number of phenols is 1. The van der Waals surface area contributed by atoms with E-state index in [4.69, 9.17) is 9.84 Å². The Morgan fingerprint density at radius 1 is 1.25 bits per heavy atom. The largest absolute Gasteiger partial charge is 0.508 e. The van der Waals surface area contributed by atoms with Crippen LogP contribution in [0, 0.1) is 0 Å². The van der Waals surface area contributed by atoms with E-state index in [-0.39, 0.29) is 23.9 Å². The van der Waals surface area contributed by atoms with Gasteiger partial charge in [-0.25, -0.2) is 0 Å². The molecule has 1 aromatic carbocycles. The molecule has 0 spiro atoms. The molecule has 0 unspecified atom stereocenters. The average molecular weight is 298 g/mol. The van der Waals surface area contributed by atoms with E-state index < -0.39 is 0 Å². The zero-order chi connectivity index (χ0) is 13.5. The summed E-state index contributed by atoms with van der Waals surface area (Å²) < 4.78 is 5.26. The van der Waals surface area contributed by atoms with Crippen LogP contribution in [0.3, 0.4) is 0 Å². The Morgan fingerprint density at radius 2 is 1.90 bits per heavy atom. The Kier molecular flexibility index (Phi) is 7.30. The number of hydrogen-bond donors (Lipinski definition) is 1. The highest BCUT2D eigenvalue weighted by atomic mass is 35.5. The van der Waals surface area contributed by atoms with Crippen molar-refractivity contribution in [1.29, 1.82) is 0 Å². The first-order valence-electron chi connectivity index (χ1n) is 6.54. The third-order valence-electron chi connectivity index (χ3n) is 3.13. The van der Waals surface area contributed by atoms with Crippen LogP contribution in [0.1, 0.15) is 12.0 Å². The number of benzene rings is 1. The predicted molar refractivity (Wildman–Crippen MR) is 81.3 cm³/mol. The molecule has 4 nitrogen and oxygen atoms in total. The van der Waals surface area contributed by atoms with Gasteiger partial charge in [-0.2, -0.15) is 0 Å². The Labute approximate surface area is 125 Å². The van der Waals surface area contributed by atoms with E-state index in [1.165, 1.54) is 0 Å². The van der Waals surface area contributed by atoms with Crippen LogP contribution >= 0.6 is 12.4 Å². The van der Waals surface area contributed by atoms with Gasteiger partial charge in [-0.05, 0) is 23.8 Å². The standard InChI is InChI=1S/C15H19NO3.ClH/c17-14-4-1-13(2-5-14)3-6-15(18)7-8-16-9-11-19-12-10-16;/h1-6,17H,7-12H2;1H. The summed E-state index contributed by atoms with van der Waals surface area (Å²) in [5.74, 6) is 0.357. The van der Waals surface area contributed by atoms with Gasteiger partial charge in [-0.15, -0.1) is 12.4 Å². The Bertz CT molecular complexity index is 439. The van der Waals surface area contributed by atoms with Crippen molar-refractivity contribution in [3.63, 3.8) is 0 Å². The fraction of sp³-hybridized carbons (Fsp3) is 0.400. The molecule has 110 valence electrons. The summed E-state index contributed by atoms with van der Waals surface area (Å²) in [7, 11) is 0. The second kappa shape index (κ2) is 8.74. The Balaban J connectivity index is 0.00000200. The molecule has 2 rings (SSSR count). The maximum absolute atomic E-state index is 11.7. The van der Waals surface area contributed by atoms with Gasteiger partial charge in [-0.3, -0.25) is 9.69 Å². The number of ketones is 1. The molecule has 0 aromatic heterocycles. The number of nitrogens with zero attached hydrogens (tertiary/aromatic N) is 1. The molecule has 1 N–H and O–H groups in total. The maximum atomic E-state index is 11.7. The molecular weight excluding hydrogens is 278 g/mol. The smallest absolute Gasteiger partial charge is 0.156 e. The molecule has 1 aromatic rings. The summed E-state index contributed by atoms with van der Waals surface area (Å²) in [6, 6.07) is 6.78. The summed E-state index contributed by atoms with van der Waals surface area (Å²) in [6.07, 6.45) is 3.92.